The van der Waals surface area contributed by atoms with Gasteiger partial charge in [-0.25, -0.2) is 9.78 Å². The highest BCUT2D eigenvalue weighted by Crippen LogP contribution is 2.28. The standard InChI is InChI=1S/C21H25N5O/c1-15-3-2-4-18-19(15)25-20(24-18)17-8-13-26(14-9-17)21(27)23-12-7-16-5-10-22-11-6-16/h2-6,10-11,17H,7-9,12-14H2,1H3,(H,23,27)(H,24,25). The van der Waals surface area contributed by atoms with Crippen molar-refractivity contribution in [2.45, 2.75) is 32.1 Å². The Morgan fingerprint density at radius 2 is 2.00 bits per heavy atom. The second-order valence-electron chi connectivity index (χ2n) is 7.19. The minimum absolute atomic E-state index is 0.0305. The average molecular weight is 363 g/mol. The number of nitrogens with one attached hydrogen (secondary N) is 2. The van der Waals surface area contributed by atoms with Crippen LogP contribution < -0.4 is 5.32 Å². The molecule has 1 fully saturated rings. The van der Waals surface area contributed by atoms with E-state index in [4.69, 9.17) is 4.98 Å². The topological polar surface area (TPSA) is 73.9 Å². The van der Waals surface area contributed by atoms with Crippen LogP contribution in [0.15, 0.2) is 42.7 Å². The Morgan fingerprint density at radius 3 is 2.74 bits per heavy atom. The lowest BCUT2D eigenvalue weighted by Crippen LogP contribution is -2.44. The number of hydrogen-bond acceptors (Lipinski definition) is 3. The Kier molecular flexibility index (Phi) is 5.05. The quantitative estimate of drug-likeness (QED) is 0.746. The Balaban J connectivity index is 1.29. The number of carbonyl (C=O) groups is 1. The highest BCUT2D eigenvalue weighted by atomic mass is 16.2. The number of benzene rings is 1. The number of pyridine rings is 1. The molecule has 0 spiro atoms. The van der Waals surface area contributed by atoms with E-state index < -0.39 is 0 Å². The van der Waals surface area contributed by atoms with E-state index in [0.717, 1.165) is 49.2 Å². The number of fused-ring (bicyclic) bond motifs is 1. The van der Waals surface area contributed by atoms with Crippen LogP contribution in [-0.2, 0) is 6.42 Å². The van der Waals surface area contributed by atoms with Crippen LogP contribution in [0.1, 0.15) is 35.7 Å². The molecule has 3 heterocycles. The molecule has 2 amide bonds. The lowest BCUT2D eigenvalue weighted by Gasteiger charge is -2.31. The van der Waals surface area contributed by atoms with E-state index in [-0.39, 0.29) is 6.03 Å². The number of imidazole rings is 1. The van der Waals surface area contributed by atoms with E-state index in [1.54, 1.807) is 12.4 Å². The predicted molar refractivity (Wildman–Crippen MR) is 106 cm³/mol. The fraction of sp³-hybridized carbons (Fsp3) is 0.381. The lowest BCUT2D eigenvalue weighted by molar-refractivity contribution is 0.180. The molecule has 0 aliphatic carbocycles. The van der Waals surface area contributed by atoms with Gasteiger partial charge in [-0.3, -0.25) is 4.98 Å². The molecule has 0 radical (unpaired) electrons. The van der Waals surface area contributed by atoms with Crippen molar-refractivity contribution in [1.82, 2.24) is 25.2 Å². The Labute approximate surface area is 159 Å². The van der Waals surface area contributed by atoms with Crippen LogP contribution in [0.5, 0.6) is 0 Å². The molecule has 1 aliphatic heterocycles. The maximum atomic E-state index is 12.4. The van der Waals surface area contributed by atoms with Gasteiger partial charge in [0.2, 0.25) is 0 Å². The van der Waals surface area contributed by atoms with Gasteiger partial charge in [0.15, 0.2) is 0 Å². The van der Waals surface area contributed by atoms with Crippen LogP contribution in [-0.4, -0.2) is 45.5 Å². The average Bonchev–Trinajstić information content (AvgIpc) is 3.15. The number of nitrogens with zero attached hydrogens (tertiary/aromatic N) is 3. The van der Waals surface area contributed by atoms with Crippen LogP contribution in [0.2, 0.25) is 0 Å². The molecule has 1 aromatic carbocycles. The van der Waals surface area contributed by atoms with Crippen LogP contribution in [0.25, 0.3) is 11.0 Å². The summed E-state index contributed by atoms with van der Waals surface area (Å²) in [7, 11) is 0. The predicted octanol–water partition coefficient (Wildman–Crippen LogP) is 3.40. The number of H-pyrrole nitrogens is 1. The Bertz CT molecular complexity index is 913. The molecule has 0 unspecified atom stereocenters. The van der Waals surface area contributed by atoms with Gasteiger partial charge in [0.25, 0.3) is 0 Å². The molecule has 2 N–H and O–H groups in total. The highest BCUT2D eigenvalue weighted by Gasteiger charge is 2.25. The number of rotatable bonds is 4. The number of amides is 2. The molecule has 1 saturated heterocycles. The summed E-state index contributed by atoms with van der Waals surface area (Å²) < 4.78 is 0. The first kappa shape index (κ1) is 17.5. The number of urea groups is 1. The Hall–Kier alpha value is -2.89. The molecule has 0 saturated carbocycles. The molecule has 0 bridgehead atoms. The Morgan fingerprint density at radius 1 is 1.22 bits per heavy atom. The minimum Gasteiger partial charge on any atom is -0.342 e. The second kappa shape index (κ2) is 7.78. The number of hydrogen-bond donors (Lipinski definition) is 2. The van der Waals surface area contributed by atoms with Crippen molar-refractivity contribution in [2.75, 3.05) is 19.6 Å². The zero-order chi connectivity index (χ0) is 18.6. The summed E-state index contributed by atoms with van der Waals surface area (Å²) in [4.78, 5) is 26.6. The van der Waals surface area contributed by atoms with Gasteiger partial charge >= 0.3 is 6.03 Å². The summed E-state index contributed by atoms with van der Waals surface area (Å²) in [5, 5.41) is 3.03. The van der Waals surface area contributed by atoms with Gasteiger partial charge in [-0.1, -0.05) is 12.1 Å². The van der Waals surface area contributed by atoms with Crippen molar-refractivity contribution >= 4 is 17.1 Å². The number of piperidine rings is 1. The molecule has 140 valence electrons. The number of aromatic amines is 1. The van der Waals surface area contributed by atoms with Crippen molar-refractivity contribution in [3.63, 3.8) is 0 Å². The fourth-order valence-corrected chi connectivity index (χ4v) is 3.72. The zero-order valence-corrected chi connectivity index (χ0v) is 15.6. The number of aryl methyl sites for hydroxylation is 1. The second-order valence-corrected chi connectivity index (χ2v) is 7.19. The van der Waals surface area contributed by atoms with Crippen LogP contribution in [0.3, 0.4) is 0 Å². The maximum Gasteiger partial charge on any atom is 0.317 e. The molecule has 6 nitrogen and oxygen atoms in total. The highest BCUT2D eigenvalue weighted by molar-refractivity contribution is 5.78. The van der Waals surface area contributed by atoms with Crippen LogP contribution in [0, 0.1) is 6.92 Å². The van der Waals surface area contributed by atoms with E-state index >= 15 is 0 Å². The smallest absolute Gasteiger partial charge is 0.317 e. The maximum absolute atomic E-state index is 12.4. The molecular formula is C21H25N5O. The molecule has 2 aromatic heterocycles. The van der Waals surface area contributed by atoms with E-state index in [0.29, 0.717) is 12.5 Å². The van der Waals surface area contributed by atoms with Gasteiger partial charge in [0, 0.05) is 37.9 Å². The van der Waals surface area contributed by atoms with Crippen molar-refractivity contribution in [2.24, 2.45) is 0 Å². The molecular weight excluding hydrogens is 338 g/mol. The van der Waals surface area contributed by atoms with Crippen molar-refractivity contribution < 1.29 is 4.79 Å². The molecule has 3 aromatic rings. The molecule has 0 atom stereocenters. The summed E-state index contributed by atoms with van der Waals surface area (Å²) in [6.07, 6.45) is 6.26. The summed E-state index contributed by atoms with van der Waals surface area (Å²) in [5.74, 6) is 1.44. The number of aromatic nitrogens is 3. The van der Waals surface area contributed by atoms with Crippen LogP contribution in [0.4, 0.5) is 4.79 Å². The number of carbonyl (C=O) groups excluding carboxylic acids is 1. The number of para-hydroxylation sites is 1. The van der Waals surface area contributed by atoms with Crippen molar-refractivity contribution in [3.8, 4) is 0 Å². The molecule has 1 aliphatic rings. The number of likely N-dealkylation sites (tertiary alicyclic amines) is 1. The first-order chi connectivity index (χ1) is 13.2. The summed E-state index contributed by atoms with van der Waals surface area (Å²) in [6.45, 7) is 4.26. The van der Waals surface area contributed by atoms with Gasteiger partial charge in [-0.15, -0.1) is 0 Å². The van der Waals surface area contributed by atoms with E-state index in [9.17, 15) is 4.79 Å². The van der Waals surface area contributed by atoms with Crippen LogP contribution >= 0.6 is 0 Å². The van der Waals surface area contributed by atoms with Crippen molar-refractivity contribution in [3.05, 3.63) is 59.7 Å². The SMILES string of the molecule is Cc1cccc2[nH]c(C3CCN(C(=O)NCCc4ccncc4)CC3)nc12. The van der Waals surface area contributed by atoms with Gasteiger partial charge in [-0.05, 0) is 55.5 Å². The third-order valence-electron chi connectivity index (χ3n) is 5.34. The monoisotopic (exact) mass is 363 g/mol. The summed E-state index contributed by atoms with van der Waals surface area (Å²) in [5.41, 5.74) is 4.54. The van der Waals surface area contributed by atoms with Crippen molar-refractivity contribution in [1.29, 1.82) is 0 Å². The minimum atomic E-state index is 0.0305. The third kappa shape index (κ3) is 3.94. The molecule has 27 heavy (non-hydrogen) atoms. The van der Waals surface area contributed by atoms with Gasteiger partial charge < -0.3 is 15.2 Å². The first-order valence-electron chi connectivity index (χ1n) is 9.57. The summed E-state index contributed by atoms with van der Waals surface area (Å²) in [6, 6.07) is 10.2. The first-order valence-corrected chi connectivity index (χ1v) is 9.57. The fourth-order valence-electron chi connectivity index (χ4n) is 3.72. The molecule has 4 rings (SSSR count). The van der Waals surface area contributed by atoms with E-state index in [2.05, 4.69) is 40.4 Å². The largest absolute Gasteiger partial charge is 0.342 e. The van der Waals surface area contributed by atoms with Gasteiger partial charge in [0.05, 0.1) is 11.0 Å². The molecule has 6 heteroatoms. The van der Waals surface area contributed by atoms with E-state index in [1.807, 2.05) is 17.0 Å². The zero-order valence-electron chi connectivity index (χ0n) is 15.6. The van der Waals surface area contributed by atoms with Gasteiger partial charge in [-0.2, -0.15) is 0 Å². The van der Waals surface area contributed by atoms with E-state index in [1.165, 1.54) is 11.1 Å². The third-order valence-corrected chi connectivity index (χ3v) is 5.34. The van der Waals surface area contributed by atoms with Gasteiger partial charge in [0.1, 0.15) is 5.82 Å². The summed E-state index contributed by atoms with van der Waals surface area (Å²) >= 11 is 0. The normalized spacial score (nSPS) is 15.2. The lowest BCUT2D eigenvalue weighted by atomic mass is 9.96.